The lowest BCUT2D eigenvalue weighted by molar-refractivity contribution is 0.0999. The summed E-state index contributed by atoms with van der Waals surface area (Å²) in [6.45, 7) is 4.12. The molecule has 1 atom stereocenters. The Balaban J connectivity index is 2.83. The molecule has 2 N–H and O–H groups in total. The Kier molecular flexibility index (Phi) is 6.68. The lowest BCUT2D eigenvalue weighted by Crippen LogP contribution is -2.22. The fourth-order valence-corrected chi connectivity index (χ4v) is 1.98. The van der Waals surface area contributed by atoms with Gasteiger partial charge in [-0.2, -0.15) is 0 Å². The van der Waals surface area contributed by atoms with Crippen molar-refractivity contribution in [2.75, 3.05) is 6.16 Å². The minimum atomic E-state index is -0.533. The zero-order chi connectivity index (χ0) is 15.0. The van der Waals surface area contributed by atoms with Gasteiger partial charge in [-0.25, -0.2) is 0 Å². The van der Waals surface area contributed by atoms with Crippen molar-refractivity contribution in [3.8, 4) is 0 Å². The van der Waals surface area contributed by atoms with Crippen LogP contribution < -0.4 is 11.3 Å². The number of hydrogen-bond donors (Lipinski definition) is 1. The molecule has 0 spiro atoms. The number of primary amides is 1. The molecule has 1 unspecified atom stereocenters. The van der Waals surface area contributed by atoms with Crippen molar-refractivity contribution < 1.29 is 4.79 Å². The van der Waals surface area contributed by atoms with Crippen molar-refractivity contribution in [3.63, 3.8) is 0 Å². The standard InChI is InChI=1S/C15H19N2O2P/c1-2-3-4-5-12(11-20)8-9-17-10-13(15(16)19)6-7-14(17)18/h2-7,10H,1,8-9,11,20H2,(H2,16,19)/b4-3-,12-5-. The normalized spacial score (nSPS) is 11.8. The minimum absolute atomic E-state index is 0.139. The molecule has 1 rings (SSSR count). The highest BCUT2D eigenvalue weighted by Crippen LogP contribution is 2.08. The van der Waals surface area contributed by atoms with E-state index >= 15 is 0 Å². The van der Waals surface area contributed by atoms with E-state index in [-0.39, 0.29) is 5.56 Å². The van der Waals surface area contributed by atoms with Crippen LogP contribution in [0, 0.1) is 0 Å². The van der Waals surface area contributed by atoms with Gasteiger partial charge in [0.2, 0.25) is 5.91 Å². The van der Waals surface area contributed by atoms with Crippen molar-refractivity contribution in [3.05, 3.63) is 70.7 Å². The van der Waals surface area contributed by atoms with E-state index in [1.807, 2.05) is 18.2 Å². The van der Waals surface area contributed by atoms with Crippen LogP contribution in [0.2, 0.25) is 0 Å². The van der Waals surface area contributed by atoms with E-state index < -0.39 is 5.91 Å². The summed E-state index contributed by atoms with van der Waals surface area (Å²) in [7, 11) is 2.66. The Morgan fingerprint density at radius 1 is 1.40 bits per heavy atom. The first-order chi connectivity index (χ1) is 9.58. The minimum Gasteiger partial charge on any atom is -0.366 e. The molecule has 1 aromatic heterocycles. The van der Waals surface area contributed by atoms with Gasteiger partial charge in [-0.3, -0.25) is 9.59 Å². The van der Waals surface area contributed by atoms with Crippen LogP contribution in [0.3, 0.4) is 0 Å². The molecule has 0 saturated carbocycles. The van der Waals surface area contributed by atoms with Crippen LogP contribution in [0.1, 0.15) is 16.8 Å². The summed E-state index contributed by atoms with van der Waals surface area (Å²) in [6, 6.07) is 2.81. The number of carbonyl (C=O) groups excluding carboxylic acids is 1. The number of aromatic nitrogens is 1. The molecule has 0 aliphatic carbocycles. The molecule has 0 bridgehead atoms. The van der Waals surface area contributed by atoms with Gasteiger partial charge in [0.1, 0.15) is 0 Å². The largest absolute Gasteiger partial charge is 0.366 e. The van der Waals surface area contributed by atoms with Crippen LogP contribution in [0.25, 0.3) is 0 Å². The molecule has 0 aliphatic heterocycles. The number of amides is 1. The van der Waals surface area contributed by atoms with Gasteiger partial charge in [-0.1, -0.05) is 36.5 Å². The first-order valence-electron chi connectivity index (χ1n) is 6.26. The molecule has 0 radical (unpaired) electrons. The molecule has 0 aliphatic rings. The number of carbonyl (C=O) groups is 1. The Morgan fingerprint density at radius 3 is 2.75 bits per heavy atom. The maximum atomic E-state index is 11.7. The monoisotopic (exact) mass is 290 g/mol. The molecule has 5 heteroatoms. The van der Waals surface area contributed by atoms with Gasteiger partial charge in [0.25, 0.3) is 5.56 Å². The summed E-state index contributed by atoms with van der Waals surface area (Å²) in [5.41, 5.74) is 6.59. The van der Waals surface area contributed by atoms with Crippen molar-refractivity contribution in [2.45, 2.75) is 13.0 Å². The summed E-state index contributed by atoms with van der Waals surface area (Å²) in [4.78, 5) is 22.8. The SMILES string of the molecule is C=C/C=C\C=C(/CP)CCn1cc(C(N)=O)ccc1=O. The second-order valence-corrected chi connectivity index (χ2v) is 4.62. The lowest BCUT2D eigenvalue weighted by Gasteiger charge is -2.08. The van der Waals surface area contributed by atoms with E-state index in [1.54, 1.807) is 6.08 Å². The van der Waals surface area contributed by atoms with Crippen LogP contribution in [-0.4, -0.2) is 16.6 Å². The van der Waals surface area contributed by atoms with E-state index in [9.17, 15) is 9.59 Å². The van der Waals surface area contributed by atoms with Crippen LogP contribution in [0.4, 0.5) is 0 Å². The van der Waals surface area contributed by atoms with E-state index in [4.69, 9.17) is 5.73 Å². The Morgan fingerprint density at radius 2 is 2.15 bits per heavy atom. The predicted octanol–water partition coefficient (Wildman–Crippen LogP) is 1.88. The van der Waals surface area contributed by atoms with Gasteiger partial charge >= 0.3 is 0 Å². The molecule has 106 valence electrons. The molecule has 20 heavy (non-hydrogen) atoms. The van der Waals surface area contributed by atoms with Crippen molar-refractivity contribution in [1.82, 2.24) is 4.57 Å². The van der Waals surface area contributed by atoms with Gasteiger partial charge in [-0.15, -0.1) is 9.24 Å². The number of nitrogens with zero attached hydrogens (tertiary/aromatic N) is 1. The third-order valence-electron chi connectivity index (χ3n) is 2.78. The van der Waals surface area contributed by atoms with E-state index in [0.29, 0.717) is 12.1 Å². The quantitative estimate of drug-likeness (QED) is 0.615. The Hall–Kier alpha value is -1.93. The van der Waals surface area contributed by atoms with E-state index in [1.165, 1.54) is 28.5 Å². The predicted molar refractivity (Wildman–Crippen MR) is 85.8 cm³/mol. The molecule has 1 heterocycles. The molecular weight excluding hydrogens is 271 g/mol. The topological polar surface area (TPSA) is 65.1 Å². The first-order valence-corrected chi connectivity index (χ1v) is 7.07. The molecule has 0 aromatic carbocycles. The molecule has 0 saturated heterocycles. The van der Waals surface area contributed by atoms with Crippen molar-refractivity contribution >= 4 is 15.1 Å². The lowest BCUT2D eigenvalue weighted by atomic mass is 10.2. The number of hydrogen-bond acceptors (Lipinski definition) is 2. The second-order valence-electron chi connectivity index (χ2n) is 4.21. The van der Waals surface area contributed by atoms with Crippen molar-refractivity contribution in [2.24, 2.45) is 5.73 Å². The van der Waals surface area contributed by atoms with Gasteiger partial charge in [0.15, 0.2) is 0 Å². The van der Waals surface area contributed by atoms with E-state index in [2.05, 4.69) is 15.8 Å². The highest BCUT2D eigenvalue weighted by atomic mass is 31.0. The molecule has 1 aromatic rings. The zero-order valence-electron chi connectivity index (χ0n) is 11.3. The maximum absolute atomic E-state index is 11.7. The number of allylic oxidation sites excluding steroid dienone is 5. The highest BCUT2D eigenvalue weighted by Gasteiger charge is 2.04. The Bertz CT molecular complexity index is 600. The third-order valence-corrected chi connectivity index (χ3v) is 3.31. The summed E-state index contributed by atoms with van der Waals surface area (Å²) in [6.07, 6.45) is 10.5. The molecule has 4 nitrogen and oxygen atoms in total. The fourth-order valence-electron chi connectivity index (χ4n) is 1.64. The smallest absolute Gasteiger partial charge is 0.250 e. The fraction of sp³-hybridized carbons (Fsp3) is 0.200. The Labute approximate surface area is 120 Å². The summed E-state index contributed by atoms with van der Waals surface area (Å²) in [5.74, 6) is -0.533. The number of pyridine rings is 1. The number of nitrogens with two attached hydrogens (primary N) is 1. The van der Waals surface area contributed by atoms with Gasteiger partial charge < -0.3 is 10.3 Å². The van der Waals surface area contributed by atoms with Crippen molar-refractivity contribution in [1.29, 1.82) is 0 Å². The number of rotatable bonds is 7. The van der Waals surface area contributed by atoms with Gasteiger partial charge in [0.05, 0.1) is 5.56 Å². The molecule has 0 fully saturated rings. The number of aryl methyl sites for hydroxylation is 1. The first kappa shape index (κ1) is 16.1. The summed E-state index contributed by atoms with van der Waals surface area (Å²) in [5, 5.41) is 0. The average molecular weight is 290 g/mol. The maximum Gasteiger partial charge on any atom is 0.250 e. The van der Waals surface area contributed by atoms with E-state index in [0.717, 1.165) is 12.6 Å². The van der Waals surface area contributed by atoms with Crippen LogP contribution in [0.15, 0.2) is 59.6 Å². The van der Waals surface area contributed by atoms with Crippen LogP contribution in [0.5, 0.6) is 0 Å². The third kappa shape index (κ3) is 4.98. The summed E-state index contributed by atoms with van der Waals surface area (Å²) >= 11 is 0. The summed E-state index contributed by atoms with van der Waals surface area (Å²) < 4.78 is 1.51. The van der Waals surface area contributed by atoms with Gasteiger partial charge in [0, 0.05) is 18.8 Å². The zero-order valence-corrected chi connectivity index (χ0v) is 12.4. The van der Waals surface area contributed by atoms with Crippen LogP contribution in [-0.2, 0) is 6.54 Å². The molecule has 1 amide bonds. The second kappa shape index (κ2) is 8.28. The molecular formula is C15H19N2O2P. The van der Waals surface area contributed by atoms with Gasteiger partial charge in [-0.05, 0) is 18.6 Å². The van der Waals surface area contributed by atoms with Crippen LogP contribution >= 0.6 is 9.24 Å². The highest BCUT2D eigenvalue weighted by molar-refractivity contribution is 7.16. The average Bonchev–Trinajstić information content (AvgIpc) is 2.44.